The van der Waals surface area contributed by atoms with Gasteiger partial charge >= 0.3 is 0 Å². The van der Waals surface area contributed by atoms with Crippen molar-refractivity contribution < 1.29 is 9.47 Å². The lowest BCUT2D eigenvalue weighted by molar-refractivity contribution is -0.0613. The summed E-state index contributed by atoms with van der Waals surface area (Å²) in [5.74, 6) is 1.49. The molecule has 0 aliphatic rings. The summed E-state index contributed by atoms with van der Waals surface area (Å²) in [6.07, 6.45) is 2.19. The summed E-state index contributed by atoms with van der Waals surface area (Å²) in [5, 5.41) is 0. The summed E-state index contributed by atoms with van der Waals surface area (Å²) >= 11 is 0. The average Bonchev–Trinajstić information content (AvgIpc) is 2.36. The summed E-state index contributed by atoms with van der Waals surface area (Å²) in [6.45, 7) is 13.7. The normalized spacial score (nSPS) is 14.9. The van der Waals surface area contributed by atoms with Gasteiger partial charge in [0.2, 0.25) is 0 Å². The van der Waals surface area contributed by atoms with Crippen molar-refractivity contribution in [2.45, 2.75) is 66.6 Å². The van der Waals surface area contributed by atoms with E-state index in [4.69, 9.17) is 9.47 Å². The van der Waals surface area contributed by atoms with Gasteiger partial charge in [0.1, 0.15) is 5.75 Å². The summed E-state index contributed by atoms with van der Waals surface area (Å²) in [6, 6.07) is 8.48. The van der Waals surface area contributed by atoms with Gasteiger partial charge in [-0.15, -0.1) is 0 Å². The fraction of sp³-hybridized carbons (Fsp3) is 0.667. The van der Waals surface area contributed by atoms with Crippen LogP contribution in [0.5, 0.6) is 5.75 Å². The van der Waals surface area contributed by atoms with Gasteiger partial charge in [0.15, 0.2) is 6.29 Å². The zero-order valence-corrected chi connectivity index (χ0v) is 13.9. The van der Waals surface area contributed by atoms with E-state index in [1.807, 2.05) is 13.8 Å². The Bertz CT molecular complexity index is 375. The molecule has 0 saturated carbocycles. The lowest BCUT2D eigenvalue weighted by Gasteiger charge is -2.25. The van der Waals surface area contributed by atoms with Gasteiger partial charge in [0, 0.05) is 6.61 Å². The van der Waals surface area contributed by atoms with Crippen LogP contribution in [0.1, 0.15) is 65.9 Å². The van der Waals surface area contributed by atoms with E-state index in [1.54, 1.807) is 0 Å². The van der Waals surface area contributed by atoms with Crippen molar-refractivity contribution in [1.82, 2.24) is 0 Å². The molecule has 0 aliphatic carbocycles. The standard InChI is InChI=1S/C18H30O2/c1-7-15(13-18(4,5)6)16-9-11-17(12-10-16)20-14(3)19-8-2/h9-12,14-15H,7-8,13H2,1-6H3. The molecule has 0 N–H and O–H groups in total. The maximum Gasteiger partial charge on any atom is 0.196 e. The lowest BCUT2D eigenvalue weighted by Crippen LogP contribution is -2.16. The fourth-order valence-corrected chi connectivity index (χ4v) is 2.52. The highest BCUT2D eigenvalue weighted by molar-refractivity contribution is 5.29. The van der Waals surface area contributed by atoms with Crippen molar-refractivity contribution in [3.8, 4) is 5.75 Å². The summed E-state index contributed by atoms with van der Waals surface area (Å²) in [4.78, 5) is 0. The Morgan fingerprint density at radius 3 is 2.10 bits per heavy atom. The van der Waals surface area contributed by atoms with Crippen molar-refractivity contribution >= 4 is 0 Å². The van der Waals surface area contributed by atoms with Crippen LogP contribution < -0.4 is 4.74 Å². The predicted molar refractivity (Wildman–Crippen MR) is 85.3 cm³/mol. The zero-order chi connectivity index (χ0) is 15.2. The van der Waals surface area contributed by atoms with E-state index in [-0.39, 0.29) is 6.29 Å². The largest absolute Gasteiger partial charge is 0.465 e. The number of hydrogen-bond donors (Lipinski definition) is 0. The number of benzene rings is 1. The Hall–Kier alpha value is -1.02. The van der Waals surface area contributed by atoms with Crippen LogP contribution >= 0.6 is 0 Å². The second kappa shape index (κ2) is 7.68. The van der Waals surface area contributed by atoms with Crippen LogP contribution in [0.15, 0.2) is 24.3 Å². The van der Waals surface area contributed by atoms with Crippen molar-refractivity contribution in [3.63, 3.8) is 0 Å². The molecule has 0 saturated heterocycles. The topological polar surface area (TPSA) is 18.5 Å². The summed E-state index contributed by atoms with van der Waals surface area (Å²) < 4.78 is 11.1. The van der Waals surface area contributed by atoms with E-state index in [0.29, 0.717) is 17.9 Å². The van der Waals surface area contributed by atoms with Gasteiger partial charge in [-0.05, 0) is 55.7 Å². The highest BCUT2D eigenvalue weighted by Crippen LogP contribution is 2.34. The minimum absolute atomic E-state index is 0.192. The van der Waals surface area contributed by atoms with Crippen LogP contribution in [-0.2, 0) is 4.74 Å². The average molecular weight is 278 g/mol. The Labute approximate surface area is 124 Å². The zero-order valence-electron chi connectivity index (χ0n) is 13.9. The molecule has 0 aromatic heterocycles. The Balaban J connectivity index is 2.69. The van der Waals surface area contributed by atoms with Gasteiger partial charge in [-0.25, -0.2) is 0 Å². The van der Waals surface area contributed by atoms with Crippen LogP contribution in [0.3, 0.4) is 0 Å². The van der Waals surface area contributed by atoms with E-state index in [2.05, 4.69) is 52.0 Å². The molecule has 1 rings (SSSR count). The summed E-state index contributed by atoms with van der Waals surface area (Å²) in [5.41, 5.74) is 1.76. The number of hydrogen-bond acceptors (Lipinski definition) is 2. The van der Waals surface area contributed by atoms with E-state index < -0.39 is 0 Å². The van der Waals surface area contributed by atoms with Crippen LogP contribution in [0.2, 0.25) is 0 Å². The molecule has 2 heteroatoms. The van der Waals surface area contributed by atoms with Gasteiger partial charge in [-0.1, -0.05) is 39.8 Å². The molecule has 2 unspecified atom stereocenters. The van der Waals surface area contributed by atoms with Crippen molar-refractivity contribution in [2.75, 3.05) is 6.61 Å². The maximum absolute atomic E-state index is 5.70. The summed E-state index contributed by atoms with van der Waals surface area (Å²) in [7, 11) is 0. The van der Waals surface area contributed by atoms with Crippen molar-refractivity contribution in [1.29, 1.82) is 0 Å². The minimum atomic E-state index is -0.192. The molecule has 114 valence electrons. The number of ether oxygens (including phenoxy) is 2. The first-order chi connectivity index (χ1) is 9.35. The molecule has 1 aromatic carbocycles. The molecule has 0 heterocycles. The molecule has 0 aliphatic heterocycles. The van der Waals surface area contributed by atoms with Gasteiger partial charge in [0.05, 0.1) is 0 Å². The Morgan fingerprint density at radius 2 is 1.65 bits per heavy atom. The third-order valence-corrected chi connectivity index (χ3v) is 3.41. The van der Waals surface area contributed by atoms with E-state index in [9.17, 15) is 0 Å². The molecule has 1 aromatic rings. The SMILES string of the molecule is CCOC(C)Oc1ccc(C(CC)CC(C)(C)C)cc1. The van der Waals surface area contributed by atoms with Gasteiger partial charge in [0.25, 0.3) is 0 Å². The maximum atomic E-state index is 5.70. The molecule has 0 amide bonds. The molecule has 2 nitrogen and oxygen atoms in total. The Morgan fingerprint density at radius 1 is 1.05 bits per heavy atom. The monoisotopic (exact) mass is 278 g/mol. The van der Waals surface area contributed by atoms with Gasteiger partial charge in [-0.3, -0.25) is 0 Å². The molecule has 0 fully saturated rings. The second-order valence-electron chi connectivity index (χ2n) is 6.58. The van der Waals surface area contributed by atoms with E-state index in [1.165, 1.54) is 18.4 Å². The van der Waals surface area contributed by atoms with Crippen molar-refractivity contribution in [2.24, 2.45) is 5.41 Å². The third-order valence-electron chi connectivity index (χ3n) is 3.41. The third kappa shape index (κ3) is 5.96. The number of rotatable bonds is 7. The van der Waals surface area contributed by atoms with Gasteiger partial charge in [-0.2, -0.15) is 0 Å². The molecule has 0 spiro atoms. The molecular weight excluding hydrogens is 248 g/mol. The molecule has 0 radical (unpaired) electrons. The van der Waals surface area contributed by atoms with Crippen molar-refractivity contribution in [3.05, 3.63) is 29.8 Å². The first-order valence-corrected chi connectivity index (χ1v) is 7.74. The lowest BCUT2D eigenvalue weighted by atomic mass is 9.80. The smallest absolute Gasteiger partial charge is 0.196 e. The first-order valence-electron chi connectivity index (χ1n) is 7.74. The highest BCUT2D eigenvalue weighted by atomic mass is 16.7. The van der Waals surface area contributed by atoms with E-state index in [0.717, 1.165) is 5.75 Å². The Kier molecular flexibility index (Phi) is 6.54. The fourth-order valence-electron chi connectivity index (χ4n) is 2.52. The van der Waals surface area contributed by atoms with Crippen LogP contribution in [-0.4, -0.2) is 12.9 Å². The highest BCUT2D eigenvalue weighted by Gasteiger charge is 2.18. The quantitative estimate of drug-likeness (QED) is 0.624. The van der Waals surface area contributed by atoms with Crippen LogP contribution in [0.25, 0.3) is 0 Å². The molecule has 20 heavy (non-hydrogen) atoms. The molecule has 2 atom stereocenters. The van der Waals surface area contributed by atoms with Gasteiger partial charge < -0.3 is 9.47 Å². The van der Waals surface area contributed by atoms with Crippen LogP contribution in [0, 0.1) is 5.41 Å². The van der Waals surface area contributed by atoms with E-state index >= 15 is 0 Å². The molecular formula is C18H30O2. The second-order valence-corrected chi connectivity index (χ2v) is 6.58. The first kappa shape index (κ1) is 17.0. The van der Waals surface area contributed by atoms with Crippen LogP contribution in [0.4, 0.5) is 0 Å². The molecule has 0 bridgehead atoms. The minimum Gasteiger partial charge on any atom is -0.465 e. The predicted octanol–water partition coefficient (Wildman–Crippen LogP) is 5.38.